The Morgan fingerprint density at radius 1 is 1.03 bits per heavy atom. The highest BCUT2D eigenvalue weighted by Crippen LogP contribution is 2.45. The molecule has 1 aliphatic rings. The van der Waals surface area contributed by atoms with Crippen molar-refractivity contribution in [2.24, 2.45) is 0 Å². The summed E-state index contributed by atoms with van der Waals surface area (Å²) in [4.78, 5) is 4.52. The van der Waals surface area contributed by atoms with Gasteiger partial charge in [0.25, 0.3) is 0 Å². The second-order valence-corrected chi connectivity index (χ2v) is 7.12. The lowest BCUT2D eigenvalue weighted by atomic mass is 10.1. The number of alkyl halides is 2. The van der Waals surface area contributed by atoms with Crippen LogP contribution in [0.2, 0.25) is 0 Å². The van der Waals surface area contributed by atoms with Crippen molar-refractivity contribution in [3.63, 3.8) is 0 Å². The molecule has 0 atom stereocenters. The number of fused-ring (bicyclic) bond motifs is 3. The summed E-state index contributed by atoms with van der Waals surface area (Å²) in [6.07, 6.45) is 2.27. The highest BCUT2D eigenvalue weighted by atomic mass is 19.3. The van der Waals surface area contributed by atoms with Crippen LogP contribution in [0.25, 0.3) is 33.8 Å². The minimum absolute atomic E-state index is 0.0100. The van der Waals surface area contributed by atoms with Gasteiger partial charge in [-0.2, -0.15) is 13.9 Å². The van der Waals surface area contributed by atoms with Crippen molar-refractivity contribution in [2.75, 3.05) is 7.11 Å². The van der Waals surface area contributed by atoms with Crippen molar-refractivity contribution in [3.8, 4) is 51.0 Å². The van der Waals surface area contributed by atoms with Gasteiger partial charge in [-0.3, -0.25) is 10.1 Å². The van der Waals surface area contributed by atoms with Crippen LogP contribution >= 0.6 is 0 Å². The van der Waals surface area contributed by atoms with Crippen LogP contribution in [0, 0.1) is 0 Å². The lowest BCUT2D eigenvalue weighted by molar-refractivity contribution is -0.0512. The summed E-state index contributed by atoms with van der Waals surface area (Å²) in [5.41, 5.74) is 6.76. The lowest BCUT2D eigenvalue weighted by Crippen LogP contribution is -2.04. The molecule has 0 radical (unpaired) electrons. The van der Waals surface area contributed by atoms with Crippen molar-refractivity contribution in [1.82, 2.24) is 15.2 Å². The number of H-pyrrole nitrogens is 1. The number of hydrogen-bond acceptors (Lipinski definition) is 5. The molecule has 5 rings (SSSR count). The molecule has 1 aliphatic carbocycles. The molecule has 0 aliphatic heterocycles. The Labute approximate surface area is 176 Å². The quantitative estimate of drug-likeness (QED) is 0.416. The number of nitrogens with zero attached hydrogens (tertiary/aromatic N) is 2. The van der Waals surface area contributed by atoms with Gasteiger partial charge < -0.3 is 14.6 Å². The van der Waals surface area contributed by atoms with Gasteiger partial charge in [0.2, 0.25) is 0 Å². The van der Waals surface area contributed by atoms with Gasteiger partial charge >= 0.3 is 6.61 Å². The van der Waals surface area contributed by atoms with Crippen molar-refractivity contribution in [1.29, 1.82) is 0 Å². The van der Waals surface area contributed by atoms with Gasteiger partial charge in [0.15, 0.2) is 11.5 Å². The number of hydrogen-bond donors (Lipinski definition) is 2. The van der Waals surface area contributed by atoms with Gasteiger partial charge in [0.1, 0.15) is 5.75 Å². The fourth-order valence-electron chi connectivity index (χ4n) is 3.85. The van der Waals surface area contributed by atoms with Gasteiger partial charge in [0, 0.05) is 34.9 Å². The van der Waals surface area contributed by atoms with Crippen molar-refractivity contribution in [2.45, 2.75) is 13.0 Å². The van der Waals surface area contributed by atoms with Crippen molar-refractivity contribution < 1.29 is 23.4 Å². The molecule has 31 heavy (non-hydrogen) atoms. The molecule has 0 bridgehead atoms. The molecule has 2 aromatic carbocycles. The molecule has 2 aromatic heterocycles. The fraction of sp³-hybridized carbons (Fsp3) is 0.130. The first kappa shape index (κ1) is 19.0. The number of aromatic amines is 1. The van der Waals surface area contributed by atoms with Gasteiger partial charge in [-0.15, -0.1) is 0 Å². The van der Waals surface area contributed by atoms with Crippen LogP contribution in [-0.2, 0) is 6.42 Å². The summed E-state index contributed by atoms with van der Waals surface area (Å²) in [5, 5.41) is 17.0. The molecule has 156 valence electrons. The number of halogens is 2. The van der Waals surface area contributed by atoms with Crippen LogP contribution < -0.4 is 9.47 Å². The van der Waals surface area contributed by atoms with Crippen LogP contribution in [0.15, 0.2) is 54.7 Å². The topological polar surface area (TPSA) is 80.3 Å². The largest absolute Gasteiger partial charge is 0.508 e. The normalized spacial score (nSPS) is 12.0. The fourth-order valence-corrected chi connectivity index (χ4v) is 3.85. The van der Waals surface area contributed by atoms with Crippen LogP contribution in [0.1, 0.15) is 11.1 Å². The molecular formula is C23H17F2N3O3. The van der Waals surface area contributed by atoms with Gasteiger partial charge in [-0.25, -0.2) is 0 Å². The number of pyridine rings is 1. The van der Waals surface area contributed by atoms with E-state index in [4.69, 9.17) is 4.74 Å². The van der Waals surface area contributed by atoms with E-state index in [0.717, 1.165) is 44.9 Å². The van der Waals surface area contributed by atoms with Gasteiger partial charge in [0.05, 0.1) is 24.2 Å². The number of methoxy groups -OCH3 is 1. The van der Waals surface area contributed by atoms with E-state index in [1.807, 2.05) is 12.1 Å². The predicted molar refractivity (Wildman–Crippen MR) is 110 cm³/mol. The maximum absolute atomic E-state index is 12.7. The van der Waals surface area contributed by atoms with Gasteiger partial charge in [-0.05, 0) is 54.1 Å². The SMILES string of the molecule is COc1cc2c(cc1OC(F)F)Cc1c(-c3ccc(-c4ccc(O)cc4)nc3)n[nH]c1-2. The maximum Gasteiger partial charge on any atom is 0.387 e. The Bertz CT molecular complexity index is 1250. The number of nitrogens with one attached hydrogen (secondary N) is 1. The number of phenolic OH excluding ortho intramolecular Hbond substituents is 1. The molecule has 8 heteroatoms. The third-order valence-electron chi connectivity index (χ3n) is 5.31. The summed E-state index contributed by atoms with van der Waals surface area (Å²) in [6.45, 7) is -2.93. The zero-order chi connectivity index (χ0) is 21.5. The average Bonchev–Trinajstić information content (AvgIpc) is 3.32. The molecule has 0 spiro atoms. The zero-order valence-electron chi connectivity index (χ0n) is 16.4. The van der Waals surface area contributed by atoms with Crippen LogP contribution in [0.4, 0.5) is 8.78 Å². The Hall–Kier alpha value is -3.94. The zero-order valence-corrected chi connectivity index (χ0v) is 16.4. The molecule has 0 saturated heterocycles. The standard InChI is InChI=1S/C23H17F2N3O3/c1-30-19-10-16-14(9-20(19)31-23(24)25)8-17-21(27-28-22(16)17)13-4-7-18(26-11-13)12-2-5-15(29)6-3-12/h2-7,9-11,23,29H,8H2,1H3,(H,27,28). The van der Waals surface area contributed by atoms with Gasteiger partial charge in [-0.1, -0.05) is 0 Å². The summed E-state index contributed by atoms with van der Waals surface area (Å²) >= 11 is 0. The predicted octanol–water partition coefficient (Wildman–Crippen LogP) is 5.03. The van der Waals surface area contributed by atoms with Crippen molar-refractivity contribution >= 4 is 0 Å². The number of aromatic hydroxyl groups is 1. The Morgan fingerprint density at radius 2 is 1.81 bits per heavy atom. The third kappa shape index (κ3) is 3.35. The smallest absolute Gasteiger partial charge is 0.387 e. The first-order valence-corrected chi connectivity index (χ1v) is 9.52. The summed E-state index contributed by atoms with van der Waals surface area (Å²) in [7, 11) is 1.41. The third-order valence-corrected chi connectivity index (χ3v) is 5.31. The van der Waals surface area contributed by atoms with E-state index in [0.29, 0.717) is 6.42 Å². The molecule has 6 nitrogen and oxygen atoms in total. The maximum atomic E-state index is 12.7. The van der Waals surface area contributed by atoms with Crippen LogP contribution in [-0.4, -0.2) is 34.0 Å². The molecular weight excluding hydrogens is 404 g/mol. The minimum Gasteiger partial charge on any atom is -0.508 e. The highest BCUT2D eigenvalue weighted by Gasteiger charge is 2.28. The Kier molecular flexibility index (Phi) is 4.54. The lowest BCUT2D eigenvalue weighted by Gasteiger charge is -2.12. The molecule has 0 saturated carbocycles. The highest BCUT2D eigenvalue weighted by molar-refractivity contribution is 5.82. The number of aromatic nitrogens is 3. The summed E-state index contributed by atoms with van der Waals surface area (Å²) in [5.74, 6) is 0.449. The Morgan fingerprint density at radius 3 is 2.48 bits per heavy atom. The number of phenols is 1. The van der Waals surface area contributed by atoms with E-state index >= 15 is 0 Å². The molecule has 0 fully saturated rings. The molecule has 0 unspecified atom stereocenters. The second kappa shape index (κ2) is 7.39. The first-order chi connectivity index (χ1) is 15.0. The first-order valence-electron chi connectivity index (χ1n) is 9.52. The van der Waals surface area contributed by atoms with E-state index < -0.39 is 6.61 Å². The molecule has 2 heterocycles. The monoisotopic (exact) mass is 421 g/mol. The van der Waals surface area contributed by atoms with E-state index in [2.05, 4.69) is 19.9 Å². The van der Waals surface area contributed by atoms with Crippen molar-refractivity contribution in [3.05, 3.63) is 65.9 Å². The molecule has 0 amide bonds. The van der Waals surface area contributed by atoms with Crippen LogP contribution in [0.5, 0.6) is 17.2 Å². The number of rotatable bonds is 5. The average molecular weight is 421 g/mol. The van der Waals surface area contributed by atoms with E-state index in [9.17, 15) is 13.9 Å². The van der Waals surface area contributed by atoms with E-state index in [-0.39, 0.29) is 17.2 Å². The minimum atomic E-state index is -2.93. The number of ether oxygens (including phenoxy) is 2. The number of benzene rings is 2. The molecule has 2 N–H and O–H groups in total. The van der Waals surface area contributed by atoms with Crippen LogP contribution in [0.3, 0.4) is 0 Å². The summed E-state index contributed by atoms with van der Waals surface area (Å²) < 4.78 is 35.3. The second-order valence-electron chi connectivity index (χ2n) is 7.12. The summed E-state index contributed by atoms with van der Waals surface area (Å²) in [6, 6.07) is 13.9. The van der Waals surface area contributed by atoms with E-state index in [1.165, 1.54) is 7.11 Å². The Balaban J connectivity index is 1.48. The van der Waals surface area contributed by atoms with E-state index in [1.54, 1.807) is 42.6 Å². The molecule has 4 aromatic rings.